The monoisotopic (exact) mass is 393 g/mol. The van der Waals surface area contributed by atoms with E-state index in [2.05, 4.69) is 45.2 Å². The molecule has 0 saturated carbocycles. The summed E-state index contributed by atoms with van der Waals surface area (Å²) in [6.07, 6.45) is 6.87. The molecule has 1 aliphatic rings. The number of hydrogen-bond acceptors (Lipinski definition) is 1. The molecule has 0 aromatic rings. The Hall–Kier alpha value is 0.388. The predicted octanol–water partition coefficient (Wildman–Crippen LogP) is 3.83. The summed E-state index contributed by atoms with van der Waals surface area (Å²) in [7, 11) is 0. The summed E-state index contributed by atoms with van der Waals surface area (Å²) in [5.41, 5.74) is 0.555. The fourth-order valence-corrected chi connectivity index (χ4v) is 1.78. The molecule has 1 N–H and O–H groups in total. The van der Waals surface area contributed by atoms with Crippen LogP contribution in [0.5, 0.6) is 0 Å². The van der Waals surface area contributed by atoms with Gasteiger partial charge in [0.1, 0.15) is 0 Å². The second-order valence-corrected chi connectivity index (χ2v) is 4.82. The molecule has 0 saturated heterocycles. The summed E-state index contributed by atoms with van der Waals surface area (Å²) < 4.78 is 0. The fourth-order valence-electron chi connectivity index (χ4n) is 1.78. The third-order valence-electron chi connectivity index (χ3n) is 1.98. The minimum Gasteiger partial charge on any atom is -0.358 e. The van der Waals surface area contributed by atoms with Gasteiger partial charge in [0.2, 0.25) is 0 Å². The summed E-state index contributed by atoms with van der Waals surface area (Å²) in [5, 5.41) is 3.63. The topological polar surface area (TPSA) is 12.0 Å². The van der Waals surface area contributed by atoms with E-state index in [0.29, 0.717) is 5.54 Å². The van der Waals surface area contributed by atoms with Crippen molar-refractivity contribution in [1.82, 2.24) is 5.32 Å². The first kappa shape index (κ1) is 24.6. The van der Waals surface area contributed by atoms with E-state index in [4.69, 9.17) is 0 Å². The van der Waals surface area contributed by atoms with Crippen molar-refractivity contribution < 1.29 is 21.1 Å². The second-order valence-electron chi connectivity index (χ2n) is 4.82. The first-order chi connectivity index (χ1) is 4.91. The van der Waals surface area contributed by atoms with Crippen molar-refractivity contribution in [3.63, 3.8) is 0 Å². The zero-order valence-electron chi connectivity index (χ0n) is 11.4. The summed E-state index contributed by atoms with van der Waals surface area (Å²) in [6.45, 7) is 8.95. The van der Waals surface area contributed by atoms with E-state index >= 15 is 0 Å². The van der Waals surface area contributed by atoms with Crippen molar-refractivity contribution in [3.05, 3.63) is 34.4 Å². The smallest absolute Gasteiger partial charge is 0.358 e. The summed E-state index contributed by atoms with van der Waals surface area (Å²) >= 11 is 0. The summed E-state index contributed by atoms with van der Waals surface area (Å²) in [5.74, 6) is 0. The molecule has 0 atom stereocenters. The molecular weight excluding hydrogens is 365 g/mol. The molecular formula is C13H28NPt+. The van der Waals surface area contributed by atoms with E-state index in [1.165, 1.54) is 12.8 Å². The second kappa shape index (κ2) is 8.53. The van der Waals surface area contributed by atoms with Gasteiger partial charge in [0, 0.05) is 11.1 Å². The Labute approximate surface area is 112 Å². The minimum atomic E-state index is 0. The molecule has 0 fully saturated rings. The SMILES string of the molecule is CC(C)(C)NC1(C)CC=CC1.[CH3-].[CH3-].[CH3-].[Pt+4]. The van der Waals surface area contributed by atoms with Gasteiger partial charge in [0.25, 0.3) is 0 Å². The van der Waals surface area contributed by atoms with Gasteiger partial charge in [0.15, 0.2) is 0 Å². The Kier molecular flexibility index (Phi) is 14.0. The normalized spacial score (nSPS) is 16.5. The van der Waals surface area contributed by atoms with Gasteiger partial charge in [-0.1, -0.05) is 12.2 Å². The van der Waals surface area contributed by atoms with Gasteiger partial charge in [-0.2, -0.15) is 0 Å². The van der Waals surface area contributed by atoms with Crippen molar-refractivity contribution in [1.29, 1.82) is 0 Å². The van der Waals surface area contributed by atoms with Crippen molar-refractivity contribution in [3.8, 4) is 0 Å². The van der Waals surface area contributed by atoms with Crippen LogP contribution >= 0.6 is 0 Å². The molecule has 0 bridgehead atoms. The number of rotatable bonds is 1. The summed E-state index contributed by atoms with van der Waals surface area (Å²) in [4.78, 5) is 0. The van der Waals surface area contributed by atoms with Crippen molar-refractivity contribution >= 4 is 0 Å². The van der Waals surface area contributed by atoms with E-state index in [1.54, 1.807) is 0 Å². The van der Waals surface area contributed by atoms with E-state index in [-0.39, 0.29) is 48.9 Å². The molecule has 0 radical (unpaired) electrons. The first-order valence-corrected chi connectivity index (χ1v) is 4.36. The minimum absolute atomic E-state index is 0. The molecule has 1 rings (SSSR count). The molecule has 94 valence electrons. The quantitative estimate of drug-likeness (QED) is 0.527. The molecule has 0 aromatic carbocycles. The van der Waals surface area contributed by atoms with Crippen LogP contribution in [0, 0.1) is 22.3 Å². The Morgan fingerprint density at radius 1 is 1.00 bits per heavy atom. The molecule has 0 aliphatic heterocycles. The molecule has 0 amide bonds. The first-order valence-electron chi connectivity index (χ1n) is 4.36. The van der Waals surface area contributed by atoms with E-state index in [1.807, 2.05) is 0 Å². The van der Waals surface area contributed by atoms with Gasteiger partial charge >= 0.3 is 21.1 Å². The molecule has 1 nitrogen and oxygen atoms in total. The zero-order chi connectivity index (χ0) is 8.54. The maximum absolute atomic E-state index is 3.63. The third kappa shape index (κ3) is 9.33. The zero-order valence-corrected chi connectivity index (χ0v) is 13.7. The molecule has 0 unspecified atom stereocenters. The molecule has 15 heavy (non-hydrogen) atoms. The maximum Gasteiger partial charge on any atom is 4.00 e. The molecule has 0 aromatic heterocycles. The largest absolute Gasteiger partial charge is 4.00 e. The van der Waals surface area contributed by atoms with Crippen LogP contribution in [0.4, 0.5) is 0 Å². The molecule has 0 spiro atoms. The van der Waals surface area contributed by atoms with Crippen LogP contribution in [0.25, 0.3) is 0 Å². The van der Waals surface area contributed by atoms with Crippen LogP contribution in [0.2, 0.25) is 0 Å². The van der Waals surface area contributed by atoms with Crippen LogP contribution < -0.4 is 5.32 Å². The van der Waals surface area contributed by atoms with Crippen LogP contribution in [-0.2, 0) is 21.1 Å². The van der Waals surface area contributed by atoms with E-state index in [9.17, 15) is 0 Å². The molecule has 1 aliphatic carbocycles. The van der Waals surface area contributed by atoms with Crippen LogP contribution in [-0.4, -0.2) is 11.1 Å². The Balaban J connectivity index is -0.000000151. The van der Waals surface area contributed by atoms with E-state index < -0.39 is 0 Å². The van der Waals surface area contributed by atoms with Gasteiger partial charge in [-0.25, -0.2) is 0 Å². The van der Waals surface area contributed by atoms with Gasteiger partial charge in [-0.3, -0.25) is 0 Å². The number of hydrogen-bond donors (Lipinski definition) is 1. The Morgan fingerprint density at radius 2 is 1.33 bits per heavy atom. The van der Waals surface area contributed by atoms with Crippen molar-refractivity contribution in [2.75, 3.05) is 0 Å². The van der Waals surface area contributed by atoms with Crippen LogP contribution in [0.3, 0.4) is 0 Å². The molecule has 0 heterocycles. The van der Waals surface area contributed by atoms with Crippen LogP contribution in [0.15, 0.2) is 12.2 Å². The van der Waals surface area contributed by atoms with Gasteiger partial charge in [0.05, 0.1) is 0 Å². The average molecular weight is 393 g/mol. The third-order valence-corrected chi connectivity index (χ3v) is 1.98. The Bertz CT molecular complexity index is 160. The van der Waals surface area contributed by atoms with Gasteiger partial charge in [-0.15, -0.1) is 0 Å². The summed E-state index contributed by atoms with van der Waals surface area (Å²) in [6, 6.07) is 0. The van der Waals surface area contributed by atoms with Gasteiger partial charge < -0.3 is 27.6 Å². The maximum atomic E-state index is 3.63. The average Bonchev–Trinajstić information content (AvgIpc) is 2.09. The fraction of sp³-hybridized carbons (Fsp3) is 0.615. The van der Waals surface area contributed by atoms with Crippen LogP contribution in [0.1, 0.15) is 40.5 Å². The van der Waals surface area contributed by atoms with E-state index in [0.717, 1.165) is 0 Å². The number of nitrogens with one attached hydrogen (secondary N) is 1. The predicted molar refractivity (Wildman–Crippen MR) is 68.9 cm³/mol. The standard InChI is InChI=1S/C10H19N.3CH3.Pt/c1-9(2,3)11-10(4)7-5-6-8-10;;;;/h5-6,11H,7-8H2,1-4H3;3*1H3;/q;3*-1;+4. The molecule has 2 heteroatoms. The Morgan fingerprint density at radius 3 is 1.60 bits per heavy atom. The van der Waals surface area contributed by atoms with Gasteiger partial charge in [-0.05, 0) is 40.5 Å². The van der Waals surface area contributed by atoms with Crippen molar-refractivity contribution in [2.45, 2.75) is 51.6 Å². The van der Waals surface area contributed by atoms with Crippen molar-refractivity contribution in [2.24, 2.45) is 0 Å².